The standard InChI is InChI=1S/C19H29N3O4S2/c1-4-5-6-7-15(22-28(24)25)10-13-17(18(23)21-19(27)20-2)14-8-11-16(26-3)12-9-14/h8-9,11-12,15,17H,4-7,10,13H2,1-3H3,(H2,20,21,23,27). The van der Waals surface area contributed by atoms with Gasteiger partial charge in [-0.05, 0) is 49.2 Å². The van der Waals surface area contributed by atoms with Crippen LogP contribution in [-0.4, -0.2) is 39.6 Å². The Kier molecular flexibility index (Phi) is 11.4. The monoisotopic (exact) mass is 427 g/mol. The minimum absolute atomic E-state index is 0.236. The molecule has 0 saturated heterocycles. The van der Waals surface area contributed by atoms with Gasteiger partial charge in [0.05, 0.1) is 19.1 Å². The molecule has 1 aromatic carbocycles. The molecule has 2 unspecified atom stereocenters. The van der Waals surface area contributed by atoms with Crippen molar-refractivity contribution >= 4 is 33.7 Å². The zero-order valence-electron chi connectivity index (χ0n) is 16.6. The van der Waals surface area contributed by atoms with Crippen molar-refractivity contribution in [3.63, 3.8) is 0 Å². The summed E-state index contributed by atoms with van der Waals surface area (Å²) in [5.41, 5.74) is 0.813. The van der Waals surface area contributed by atoms with Crippen molar-refractivity contribution in [3.05, 3.63) is 29.8 Å². The van der Waals surface area contributed by atoms with Gasteiger partial charge in [-0.25, -0.2) is 0 Å². The summed E-state index contributed by atoms with van der Waals surface area (Å²) in [5.74, 6) is -0.0101. The third-order valence-electron chi connectivity index (χ3n) is 4.46. The van der Waals surface area contributed by atoms with Crippen LogP contribution in [0.15, 0.2) is 28.6 Å². The van der Waals surface area contributed by atoms with Crippen molar-refractivity contribution in [2.45, 2.75) is 57.4 Å². The summed E-state index contributed by atoms with van der Waals surface area (Å²) >= 11 is 5.04. The van der Waals surface area contributed by atoms with Crippen LogP contribution < -0.4 is 15.4 Å². The zero-order valence-corrected chi connectivity index (χ0v) is 18.2. The molecule has 28 heavy (non-hydrogen) atoms. The number of hydrogen-bond acceptors (Lipinski definition) is 6. The molecule has 0 fully saturated rings. The number of nitrogens with one attached hydrogen (secondary N) is 2. The Labute approximate surface area is 174 Å². The summed E-state index contributed by atoms with van der Waals surface area (Å²) in [5, 5.41) is 5.64. The second-order valence-electron chi connectivity index (χ2n) is 6.44. The molecule has 9 heteroatoms. The van der Waals surface area contributed by atoms with E-state index in [1.165, 1.54) is 0 Å². The highest BCUT2D eigenvalue weighted by atomic mass is 32.2. The smallest absolute Gasteiger partial charge is 0.311 e. The van der Waals surface area contributed by atoms with Crippen LogP contribution in [-0.2, 0) is 15.3 Å². The number of thiocarbonyl (C=S) groups is 1. The first-order valence-electron chi connectivity index (χ1n) is 9.38. The number of carbonyl (C=O) groups excluding carboxylic acids is 1. The van der Waals surface area contributed by atoms with Crippen LogP contribution in [0.1, 0.15) is 56.9 Å². The summed E-state index contributed by atoms with van der Waals surface area (Å²) in [6.07, 6.45) is 4.62. The van der Waals surface area contributed by atoms with Gasteiger partial charge in [-0.2, -0.15) is 12.8 Å². The van der Waals surface area contributed by atoms with Gasteiger partial charge >= 0.3 is 10.5 Å². The lowest BCUT2D eigenvalue weighted by molar-refractivity contribution is -0.121. The summed E-state index contributed by atoms with van der Waals surface area (Å²) in [6.45, 7) is 2.09. The van der Waals surface area contributed by atoms with Gasteiger partial charge in [0.1, 0.15) is 5.75 Å². The van der Waals surface area contributed by atoms with Crippen LogP contribution >= 0.6 is 12.2 Å². The van der Waals surface area contributed by atoms with E-state index in [0.717, 1.165) is 24.8 Å². The van der Waals surface area contributed by atoms with Crippen LogP contribution in [0, 0.1) is 0 Å². The van der Waals surface area contributed by atoms with Gasteiger partial charge in [-0.1, -0.05) is 38.3 Å². The zero-order chi connectivity index (χ0) is 20.9. The topological polar surface area (TPSA) is 96.9 Å². The summed E-state index contributed by atoms with van der Waals surface area (Å²) in [4.78, 5) is 12.7. The fourth-order valence-corrected chi connectivity index (χ4v) is 3.46. The first-order chi connectivity index (χ1) is 13.4. The maximum Gasteiger partial charge on any atom is 0.311 e. The maximum absolute atomic E-state index is 12.7. The van der Waals surface area contributed by atoms with E-state index in [0.29, 0.717) is 25.0 Å². The van der Waals surface area contributed by atoms with Gasteiger partial charge in [0.15, 0.2) is 5.11 Å². The largest absolute Gasteiger partial charge is 0.497 e. The van der Waals surface area contributed by atoms with E-state index in [-0.39, 0.29) is 17.1 Å². The van der Waals surface area contributed by atoms with Crippen molar-refractivity contribution in [1.29, 1.82) is 0 Å². The van der Waals surface area contributed by atoms with E-state index in [1.807, 2.05) is 12.1 Å². The van der Waals surface area contributed by atoms with Crippen LogP contribution in [0.4, 0.5) is 0 Å². The Morgan fingerprint density at radius 2 is 1.86 bits per heavy atom. The van der Waals surface area contributed by atoms with Crippen LogP contribution in [0.3, 0.4) is 0 Å². The molecule has 1 rings (SSSR count). The SMILES string of the molecule is CCCCCC(CCC(C(=O)NC(=S)NC)c1ccc(OC)cc1)N=S(=O)=O. The van der Waals surface area contributed by atoms with Gasteiger partial charge in [-0.15, -0.1) is 0 Å². The van der Waals surface area contributed by atoms with Gasteiger partial charge in [0.25, 0.3) is 0 Å². The Bertz CT molecular complexity index is 756. The van der Waals surface area contributed by atoms with Crippen molar-refractivity contribution in [3.8, 4) is 5.75 Å². The van der Waals surface area contributed by atoms with Crippen LogP contribution in [0.5, 0.6) is 5.75 Å². The number of carbonyl (C=O) groups is 1. The molecule has 0 aromatic heterocycles. The summed E-state index contributed by atoms with van der Waals surface area (Å²) < 4.78 is 31.1. The third-order valence-corrected chi connectivity index (χ3v) is 5.24. The van der Waals surface area contributed by atoms with Gasteiger partial charge in [-0.3, -0.25) is 4.79 Å². The molecule has 2 N–H and O–H groups in total. The molecular weight excluding hydrogens is 398 g/mol. The van der Waals surface area contributed by atoms with Crippen molar-refractivity contribution < 1.29 is 17.9 Å². The van der Waals surface area contributed by atoms with E-state index < -0.39 is 16.4 Å². The molecule has 0 heterocycles. The molecule has 7 nitrogen and oxygen atoms in total. The Balaban J connectivity index is 2.96. The van der Waals surface area contributed by atoms with E-state index in [4.69, 9.17) is 17.0 Å². The molecule has 156 valence electrons. The second kappa shape index (κ2) is 13.2. The van der Waals surface area contributed by atoms with Gasteiger partial charge < -0.3 is 15.4 Å². The minimum atomic E-state index is -2.46. The Morgan fingerprint density at radius 1 is 1.18 bits per heavy atom. The van der Waals surface area contributed by atoms with Crippen molar-refractivity contribution in [2.24, 2.45) is 4.36 Å². The Morgan fingerprint density at radius 3 is 2.39 bits per heavy atom. The number of methoxy groups -OCH3 is 1. The lowest BCUT2D eigenvalue weighted by Gasteiger charge is -2.19. The second-order valence-corrected chi connectivity index (χ2v) is 7.50. The van der Waals surface area contributed by atoms with E-state index in [1.54, 1.807) is 26.3 Å². The van der Waals surface area contributed by atoms with Crippen molar-refractivity contribution in [1.82, 2.24) is 10.6 Å². The van der Waals surface area contributed by atoms with E-state index in [9.17, 15) is 13.2 Å². The molecule has 0 aliphatic rings. The van der Waals surface area contributed by atoms with Crippen LogP contribution in [0.25, 0.3) is 0 Å². The first kappa shape index (κ1) is 24.0. The Hall–Kier alpha value is -2.00. The summed E-state index contributed by atoms with van der Waals surface area (Å²) in [7, 11) is 0.757. The molecule has 0 radical (unpaired) electrons. The highest BCUT2D eigenvalue weighted by Gasteiger charge is 2.23. The van der Waals surface area contributed by atoms with Gasteiger partial charge in [0, 0.05) is 7.05 Å². The fraction of sp³-hybridized carbons (Fsp3) is 0.579. The van der Waals surface area contributed by atoms with Gasteiger partial charge in [0.2, 0.25) is 5.91 Å². The molecule has 0 aliphatic carbocycles. The number of unbranched alkanes of at least 4 members (excludes halogenated alkanes) is 2. The van der Waals surface area contributed by atoms with E-state index in [2.05, 4.69) is 21.9 Å². The highest BCUT2D eigenvalue weighted by molar-refractivity contribution is 7.80. The molecule has 1 amide bonds. The minimum Gasteiger partial charge on any atom is -0.497 e. The molecule has 0 spiro atoms. The number of amides is 1. The molecule has 1 aromatic rings. The molecule has 0 bridgehead atoms. The number of nitrogens with zero attached hydrogens (tertiary/aromatic N) is 1. The predicted molar refractivity (Wildman–Crippen MR) is 114 cm³/mol. The number of hydrogen-bond donors (Lipinski definition) is 2. The fourth-order valence-electron chi connectivity index (χ4n) is 2.91. The number of ether oxygens (including phenoxy) is 1. The third kappa shape index (κ3) is 8.79. The first-order valence-corrected chi connectivity index (χ1v) is 10.8. The molecule has 0 aliphatic heterocycles. The lowest BCUT2D eigenvalue weighted by Crippen LogP contribution is -2.40. The lowest BCUT2D eigenvalue weighted by atomic mass is 9.90. The van der Waals surface area contributed by atoms with E-state index >= 15 is 0 Å². The highest BCUT2D eigenvalue weighted by Crippen LogP contribution is 2.26. The number of benzene rings is 1. The van der Waals surface area contributed by atoms with Crippen molar-refractivity contribution in [2.75, 3.05) is 14.2 Å². The quantitative estimate of drug-likeness (QED) is 0.416. The van der Waals surface area contributed by atoms with Crippen LogP contribution in [0.2, 0.25) is 0 Å². The normalized spacial score (nSPS) is 12.5. The predicted octanol–water partition coefficient (Wildman–Crippen LogP) is 3.19. The maximum atomic E-state index is 12.7. The number of rotatable bonds is 11. The molecule has 2 atom stereocenters. The molecular formula is C19H29N3O4S2. The summed E-state index contributed by atoms with van der Waals surface area (Å²) in [6, 6.07) is 6.93. The molecule has 0 saturated carbocycles. The average molecular weight is 428 g/mol. The average Bonchev–Trinajstić information content (AvgIpc) is 2.68.